The van der Waals surface area contributed by atoms with Crippen molar-refractivity contribution in [1.29, 1.82) is 0 Å². The van der Waals surface area contributed by atoms with Gasteiger partial charge in [-0.3, -0.25) is 14.5 Å². The number of aliphatic carboxylic acids is 3. The molecule has 96 valence electrons. The van der Waals surface area contributed by atoms with Crippen LogP contribution in [0, 0.1) is 0 Å². The van der Waals surface area contributed by atoms with Gasteiger partial charge in [0.2, 0.25) is 6.54 Å². The van der Waals surface area contributed by atoms with E-state index in [1.165, 1.54) is 9.48 Å². The van der Waals surface area contributed by atoms with E-state index in [-0.39, 0.29) is 19.6 Å². The maximum Gasteiger partial charge on any atom is 0.369 e. The molecule has 0 unspecified atom stereocenters. The highest BCUT2D eigenvalue weighted by atomic mass is 16.4. The summed E-state index contributed by atoms with van der Waals surface area (Å²) >= 11 is 0. The lowest BCUT2D eigenvalue weighted by Gasteiger charge is -2.16. The lowest BCUT2D eigenvalue weighted by Crippen LogP contribution is -2.38. The van der Waals surface area contributed by atoms with Gasteiger partial charge in [-0.15, -0.1) is 0 Å². The van der Waals surface area contributed by atoms with E-state index in [4.69, 9.17) is 15.3 Å². The Labute approximate surface area is 97.4 Å². The fourth-order valence-electron chi connectivity index (χ4n) is 1.15. The molecule has 0 rings (SSSR count). The van der Waals surface area contributed by atoms with Gasteiger partial charge in [-0.1, -0.05) is 0 Å². The molecule has 0 aliphatic carbocycles. The van der Waals surface area contributed by atoms with E-state index in [9.17, 15) is 14.4 Å². The summed E-state index contributed by atoms with van der Waals surface area (Å²) in [6.45, 7) is 2.63. The largest absolute Gasteiger partial charge is 0.480 e. The van der Waals surface area contributed by atoms with Crippen LogP contribution in [0.25, 0.3) is 0 Å². The standard InChI is InChI=1S/C9H14N2O6/c1-10(4-7(12)13)2-3-11(5-8(14)15)6-9(16)17/h1-6H2,(H2-,12,13,14,15,16,17)/p+1. The van der Waals surface area contributed by atoms with Gasteiger partial charge in [-0.25, -0.2) is 9.37 Å². The summed E-state index contributed by atoms with van der Waals surface area (Å²) < 4.78 is 1.22. The van der Waals surface area contributed by atoms with E-state index < -0.39 is 31.0 Å². The Morgan fingerprint density at radius 2 is 1.47 bits per heavy atom. The molecule has 0 aliphatic rings. The lowest BCUT2D eigenvalue weighted by atomic mass is 10.4. The van der Waals surface area contributed by atoms with Crippen molar-refractivity contribution >= 4 is 24.6 Å². The average Bonchev–Trinajstić information content (AvgIpc) is 2.11. The highest BCUT2D eigenvalue weighted by molar-refractivity contribution is 5.72. The van der Waals surface area contributed by atoms with Gasteiger partial charge in [0.25, 0.3) is 0 Å². The Bertz CT molecular complexity index is 311. The Hall–Kier alpha value is -1.96. The van der Waals surface area contributed by atoms with Gasteiger partial charge >= 0.3 is 17.9 Å². The van der Waals surface area contributed by atoms with Gasteiger partial charge in [0.1, 0.15) is 6.72 Å². The molecule has 0 bridgehead atoms. The molecule has 0 radical (unpaired) electrons. The molecule has 0 spiro atoms. The summed E-state index contributed by atoms with van der Waals surface area (Å²) in [5, 5.41) is 25.6. The van der Waals surface area contributed by atoms with E-state index >= 15 is 0 Å². The molecule has 0 saturated heterocycles. The molecular weight excluding hydrogens is 232 g/mol. The van der Waals surface area contributed by atoms with Crippen molar-refractivity contribution in [3.63, 3.8) is 0 Å². The van der Waals surface area contributed by atoms with Crippen molar-refractivity contribution in [3.8, 4) is 0 Å². The van der Waals surface area contributed by atoms with Gasteiger partial charge in [0, 0.05) is 0 Å². The van der Waals surface area contributed by atoms with E-state index in [1.54, 1.807) is 0 Å². The van der Waals surface area contributed by atoms with Crippen molar-refractivity contribution in [2.75, 3.05) is 32.7 Å². The molecule has 0 heterocycles. The van der Waals surface area contributed by atoms with Crippen molar-refractivity contribution in [1.82, 2.24) is 4.90 Å². The van der Waals surface area contributed by atoms with E-state index in [0.29, 0.717) is 0 Å². The Morgan fingerprint density at radius 3 is 1.82 bits per heavy atom. The first-order valence-electron chi connectivity index (χ1n) is 4.74. The molecule has 0 aromatic rings. The molecule has 0 atom stereocenters. The molecule has 3 N–H and O–H groups in total. The minimum absolute atomic E-state index is 0.120. The maximum atomic E-state index is 10.5. The minimum Gasteiger partial charge on any atom is -0.480 e. The summed E-state index contributed by atoms with van der Waals surface area (Å²) in [6.07, 6.45) is 0. The number of nitrogens with zero attached hydrogens (tertiary/aromatic N) is 2. The quantitative estimate of drug-likeness (QED) is 0.327. The van der Waals surface area contributed by atoms with Crippen LogP contribution in [0.2, 0.25) is 0 Å². The van der Waals surface area contributed by atoms with Crippen LogP contribution >= 0.6 is 0 Å². The van der Waals surface area contributed by atoms with Crippen LogP contribution in [0.5, 0.6) is 0 Å². The second-order valence-electron chi connectivity index (χ2n) is 3.44. The van der Waals surface area contributed by atoms with Crippen molar-refractivity contribution in [3.05, 3.63) is 0 Å². The van der Waals surface area contributed by atoms with E-state index in [1.807, 2.05) is 0 Å². The fraction of sp³-hybridized carbons (Fsp3) is 0.556. The number of hydrogen-bond acceptors (Lipinski definition) is 4. The first-order valence-corrected chi connectivity index (χ1v) is 4.74. The average molecular weight is 247 g/mol. The van der Waals surface area contributed by atoms with Crippen molar-refractivity contribution in [2.45, 2.75) is 0 Å². The molecule has 0 aliphatic heterocycles. The molecule has 17 heavy (non-hydrogen) atoms. The van der Waals surface area contributed by atoms with E-state index in [0.717, 1.165) is 0 Å². The van der Waals surface area contributed by atoms with Crippen LogP contribution in [-0.4, -0.2) is 82.1 Å². The molecule has 0 fully saturated rings. The van der Waals surface area contributed by atoms with Crippen LogP contribution < -0.4 is 0 Å². The molecular formula is C9H15N2O6+. The monoisotopic (exact) mass is 247 g/mol. The highest BCUT2D eigenvalue weighted by Crippen LogP contribution is 1.89. The maximum absolute atomic E-state index is 10.5. The number of hydrogen-bond donors (Lipinski definition) is 3. The zero-order valence-corrected chi connectivity index (χ0v) is 9.20. The third kappa shape index (κ3) is 9.00. The van der Waals surface area contributed by atoms with Gasteiger partial charge in [-0.2, -0.15) is 0 Å². The zero-order chi connectivity index (χ0) is 13.4. The third-order valence-electron chi connectivity index (χ3n) is 1.81. The molecule has 0 aromatic carbocycles. The highest BCUT2D eigenvalue weighted by Gasteiger charge is 2.16. The fourth-order valence-corrected chi connectivity index (χ4v) is 1.15. The number of carboxylic acids is 3. The normalized spacial score (nSPS) is 10.2. The van der Waals surface area contributed by atoms with Crippen LogP contribution in [0.3, 0.4) is 0 Å². The summed E-state index contributed by atoms with van der Waals surface area (Å²) in [5.41, 5.74) is 0. The van der Waals surface area contributed by atoms with Gasteiger partial charge in [0.15, 0.2) is 6.54 Å². The zero-order valence-electron chi connectivity index (χ0n) is 9.20. The lowest BCUT2D eigenvalue weighted by molar-refractivity contribution is -0.509. The summed E-state index contributed by atoms with van der Waals surface area (Å²) in [5.74, 6) is -3.33. The number of carbonyl (C=O) groups is 3. The summed E-state index contributed by atoms with van der Waals surface area (Å²) in [7, 11) is 0. The number of rotatable bonds is 9. The molecule has 8 heteroatoms. The summed E-state index contributed by atoms with van der Waals surface area (Å²) in [6, 6.07) is 0. The van der Waals surface area contributed by atoms with Crippen LogP contribution in [0.1, 0.15) is 0 Å². The van der Waals surface area contributed by atoms with Crippen molar-refractivity contribution in [2.24, 2.45) is 0 Å². The van der Waals surface area contributed by atoms with Crippen LogP contribution in [0.15, 0.2) is 0 Å². The third-order valence-corrected chi connectivity index (χ3v) is 1.81. The Morgan fingerprint density at radius 1 is 1.00 bits per heavy atom. The number of carboxylic acid groups (broad SMARTS) is 3. The van der Waals surface area contributed by atoms with Gasteiger partial charge in [0.05, 0.1) is 19.6 Å². The topological polar surface area (TPSA) is 118 Å². The summed E-state index contributed by atoms with van der Waals surface area (Å²) in [4.78, 5) is 32.4. The first-order chi connectivity index (χ1) is 7.81. The predicted molar refractivity (Wildman–Crippen MR) is 56.5 cm³/mol. The smallest absolute Gasteiger partial charge is 0.369 e. The predicted octanol–water partition coefficient (Wildman–Crippen LogP) is -1.74. The Balaban J connectivity index is 4.14. The molecule has 0 aromatic heterocycles. The Kier molecular flexibility index (Phi) is 6.49. The van der Waals surface area contributed by atoms with Crippen LogP contribution in [-0.2, 0) is 14.4 Å². The molecule has 8 nitrogen and oxygen atoms in total. The van der Waals surface area contributed by atoms with Crippen molar-refractivity contribution < 1.29 is 34.3 Å². The van der Waals surface area contributed by atoms with E-state index in [2.05, 4.69) is 6.72 Å². The second kappa shape index (κ2) is 7.34. The SMILES string of the molecule is C=[N+](CCN(CC(=O)O)CC(=O)O)CC(=O)O. The van der Waals surface area contributed by atoms with Gasteiger partial charge < -0.3 is 15.3 Å². The first kappa shape index (κ1) is 15.0. The molecule has 0 saturated carbocycles. The minimum atomic E-state index is -1.14. The second-order valence-corrected chi connectivity index (χ2v) is 3.44. The molecule has 0 amide bonds. The van der Waals surface area contributed by atoms with Crippen LogP contribution in [0.4, 0.5) is 0 Å². The van der Waals surface area contributed by atoms with Gasteiger partial charge in [-0.05, 0) is 0 Å².